The van der Waals surface area contributed by atoms with Gasteiger partial charge in [0.05, 0.1) is 28.7 Å². The summed E-state index contributed by atoms with van der Waals surface area (Å²) in [6, 6.07) is 5.40. The first-order valence-electron chi connectivity index (χ1n) is 4.78. The number of hydrazine groups is 1. The number of anilines is 1. The van der Waals surface area contributed by atoms with Crippen LogP contribution in [0.1, 0.15) is 5.69 Å². The largest absolute Gasteiger partial charge is 0.496 e. The third kappa shape index (κ3) is 1.66. The smallest absolute Gasteiger partial charge is 0.130 e. The number of hydrogen-bond donors (Lipinski definition) is 2. The number of halogens is 1. The number of nitrogens with one attached hydrogen (secondary N) is 1. The van der Waals surface area contributed by atoms with Crippen LogP contribution < -0.4 is 16.0 Å². The molecule has 1 aromatic heterocycles. The van der Waals surface area contributed by atoms with Gasteiger partial charge in [-0.3, -0.25) is 10.8 Å². The van der Waals surface area contributed by atoms with Gasteiger partial charge in [0.25, 0.3) is 0 Å². The first-order valence-corrected chi connectivity index (χ1v) is 5.15. The molecule has 2 aromatic rings. The Labute approximate surface area is 98.3 Å². The van der Waals surface area contributed by atoms with Crippen LogP contribution in [0, 0.1) is 6.92 Å². The maximum atomic E-state index is 6.10. The van der Waals surface area contributed by atoms with Crippen molar-refractivity contribution in [3.05, 3.63) is 28.9 Å². The van der Waals surface area contributed by atoms with Gasteiger partial charge in [-0.2, -0.15) is 0 Å². The Balaban J connectivity index is 2.91. The van der Waals surface area contributed by atoms with Crippen molar-refractivity contribution in [3.63, 3.8) is 0 Å². The number of fused-ring (bicyclic) bond motifs is 1. The average Bonchev–Trinajstić information content (AvgIpc) is 2.29. The van der Waals surface area contributed by atoms with Crippen LogP contribution in [0.15, 0.2) is 18.2 Å². The number of aryl methyl sites for hydroxylation is 1. The van der Waals surface area contributed by atoms with Gasteiger partial charge >= 0.3 is 0 Å². The van der Waals surface area contributed by atoms with Crippen LogP contribution in [0.25, 0.3) is 10.9 Å². The zero-order chi connectivity index (χ0) is 11.7. The molecule has 16 heavy (non-hydrogen) atoms. The third-order valence-electron chi connectivity index (χ3n) is 2.38. The Morgan fingerprint density at radius 3 is 2.81 bits per heavy atom. The highest BCUT2D eigenvalue weighted by Crippen LogP contribution is 2.35. The lowest BCUT2D eigenvalue weighted by Gasteiger charge is -2.11. The molecular formula is C11H12ClN3O. The number of benzene rings is 1. The number of nitrogens with two attached hydrogens (primary N) is 1. The Morgan fingerprint density at radius 2 is 2.19 bits per heavy atom. The summed E-state index contributed by atoms with van der Waals surface area (Å²) in [5, 5.41) is 1.37. The number of nitrogen functional groups attached to an aromatic ring is 1. The Kier molecular flexibility index (Phi) is 2.85. The maximum Gasteiger partial charge on any atom is 0.130 e. The molecule has 1 heterocycles. The fraction of sp³-hybridized carbons (Fsp3) is 0.182. The van der Waals surface area contributed by atoms with Gasteiger partial charge in [-0.15, -0.1) is 0 Å². The second-order valence-corrected chi connectivity index (χ2v) is 3.84. The lowest BCUT2D eigenvalue weighted by molar-refractivity contribution is 0.420. The molecule has 3 N–H and O–H groups in total. The minimum atomic E-state index is 0.580. The van der Waals surface area contributed by atoms with Gasteiger partial charge in [-0.25, -0.2) is 0 Å². The molecular weight excluding hydrogens is 226 g/mol. The zero-order valence-electron chi connectivity index (χ0n) is 9.04. The molecule has 0 bridgehead atoms. The van der Waals surface area contributed by atoms with Crippen LogP contribution in [0.5, 0.6) is 5.75 Å². The molecule has 0 aliphatic carbocycles. The average molecular weight is 238 g/mol. The van der Waals surface area contributed by atoms with Gasteiger partial charge in [0, 0.05) is 5.69 Å². The first-order chi connectivity index (χ1) is 7.67. The zero-order valence-corrected chi connectivity index (χ0v) is 9.80. The Hall–Kier alpha value is -1.52. The van der Waals surface area contributed by atoms with E-state index in [1.165, 1.54) is 0 Å². The van der Waals surface area contributed by atoms with E-state index in [2.05, 4.69) is 10.4 Å². The number of nitrogens with zero attached hydrogens (tertiary/aromatic N) is 1. The van der Waals surface area contributed by atoms with Crippen LogP contribution in [0.2, 0.25) is 5.02 Å². The van der Waals surface area contributed by atoms with E-state index >= 15 is 0 Å². The van der Waals surface area contributed by atoms with Crippen molar-refractivity contribution >= 4 is 28.2 Å². The molecule has 5 heteroatoms. The predicted octanol–water partition coefficient (Wildman–Crippen LogP) is 2.49. The molecule has 1 aromatic carbocycles. The van der Waals surface area contributed by atoms with Crippen molar-refractivity contribution in [3.8, 4) is 5.75 Å². The second-order valence-electron chi connectivity index (χ2n) is 3.43. The molecule has 0 aliphatic heterocycles. The number of aromatic nitrogens is 1. The first kappa shape index (κ1) is 11.0. The molecule has 0 saturated carbocycles. The molecule has 0 amide bonds. The van der Waals surface area contributed by atoms with E-state index < -0.39 is 0 Å². The topological polar surface area (TPSA) is 60.2 Å². The highest BCUT2D eigenvalue weighted by atomic mass is 35.5. The third-order valence-corrected chi connectivity index (χ3v) is 2.68. The summed E-state index contributed by atoms with van der Waals surface area (Å²) in [6.45, 7) is 1.89. The van der Waals surface area contributed by atoms with Gasteiger partial charge in [0.15, 0.2) is 0 Å². The molecule has 4 nitrogen and oxygen atoms in total. The fourth-order valence-corrected chi connectivity index (χ4v) is 1.89. The van der Waals surface area contributed by atoms with Crippen LogP contribution in [0.3, 0.4) is 0 Å². The number of hydrogen-bond acceptors (Lipinski definition) is 4. The number of ether oxygens (including phenoxy) is 1. The summed E-state index contributed by atoms with van der Waals surface area (Å²) < 4.78 is 5.27. The van der Waals surface area contributed by atoms with E-state index in [-0.39, 0.29) is 0 Å². The van der Waals surface area contributed by atoms with Crippen LogP contribution in [0.4, 0.5) is 5.69 Å². The van der Waals surface area contributed by atoms with Crippen LogP contribution in [-0.4, -0.2) is 12.1 Å². The van der Waals surface area contributed by atoms with Crippen molar-refractivity contribution in [2.24, 2.45) is 5.84 Å². The van der Waals surface area contributed by atoms with E-state index in [0.29, 0.717) is 16.3 Å². The number of rotatable bonds is 2. The summed E-state index contributed by atoms with van der Waals surface area (Å²) >= 11 is 6.10. The second kappa shape index (κ2) is 4.15. The van der Waals surface area contributed by atoms with Gasteiger partial charge < -0.3 is 10.2 Å². The van der Waals surface area contributed by atoms with Gasteiger partial charge in [-0.1, -0.05) is 11.6 Å². The lowest BCUT2D eigenvalue weighted by Crippen LogP contribution is -2.08. The number of methoxy groups -OCH3 is 1. The highest BCUT2D eigenvalue weighted by Gasteiger charge is 2.11. The molecule has 84 valence electrons. The monoisotopic (exact) mass is 237 g/mol. The normalized spacial score (nSPS) is 10.5. The van der Waals surface area contributed by atoms with E-state index in [0.717, 1.165) is 16.8 Å². The molecule has 0 unspecified atom stereocenters. The number of pyridine rings is 1. The van der Waals surface area contributed by atoms with Crippen molar-refractivity contribution in [2.45, 2.75) is 6.92 Å². The maximum absolute atomic E-state index is 6.10. The van der Waals surface area contributed by atoms with Crippen molar-refractivity contribution in [1.29, 1.82) is 0 Å². The SMILES string of the molecule is COc1ccc(Cl)c2nc(C)cc(NN)c12. The summed E-state index contributed by atoms with van der Waals surface area (Å²) in [5.41, 5.74) is 4.92. The van der Waals surface area contributed by atoms with E-state index in [4.69, 9.17) is 22.2 Å². The Morgan fingerprint density at radius 1 is 1.44 bits per heavy atom. The lowest BCUT2D eigenvalue weighted by atomic mass is 10.1. The van der Waals surface area contributed by atoms with Crippen molar-refractivity contribution in [2.75, 3.05) is 12.5 Å². The molecule has 0 spiro atoms. The predicted molar refractivity (Wildman–Crippen MR) is 65.9 cm³/mol. The molecule has 0 radical (unpaired) electrons. The summed E-state index contributed by atoms with van der Waals surface area (Å²) in [6.07, 6.45) is 0. The van der Waals surface area contributed by atoms with Gasteiger partial charge in [0.2, 0.25) is 0 Å². The van der Waals surface area contributed by atoms with Gasteiger partial charge in [-0.05, 0) is 25.1 Å². The fourth-order valence-electron chi connectivity index (χ4n) is 1.69. The van der Waals surface area contributed by atoms with E-state index in [1.807, 2.05) is 13.0 Å². The molecule has 0 atom stereocenters. The van der Waals surface area contributed by atoms with Crippen LogP contribution >= 0.6 is 11.6 Å². The summed E-state index contributed by atoms with van der Waals surface area (Å²) in [4.78, 5) is 4.38. The van der Waals surface area contributed by atoms with E-state index in [1.54, 1.807) is 19.2 Å². The molecule has 0 saturated heterocycles. The standard InChI is InChI=1S/C11H12ClN3O/c1-6-5-8(15-13)10-9(16-2)4-3-7(12)11(10)14-6/h3-5H,13H2,1-2H3,(H,14,15). The Bertz CT molecular complexity index is 542. The summed E-state index contributed by atoms with van der Waals surface area (Å²) in [7, 11) is 1.60. The van der Waals surface area contributed by atoms with E-state index in [9.17, 15) is 0 Å². The molecule has 0 aliphatic rings. The van der Waals surface area contributed by atoms with Crippen molar-refractivity contribution in [1.82, 2.24) is 4.98 Å². The summed E-state index contributed by atoms with van der Waals surface area (Å²) in [5.74, 6) is 6.18. The molecule has 2 rings (SSSR count). The van der Waals surface area contributed by atoms with Gasteiger partial charge in [0.1, 0.15) is 5.75 Å². The minimum Gasteiger partial charge on any atom is -0.496 e. The van der Waals surface area contributed by atoms with Crippen molar-refractivity contribution < 1.29 is 4.74 Å². The quantitative estimate of drug-likeness (QED) is 0.622. The minimum absolute atomic E-state index is 0.580. The van der Waals surface area contributed by atoms with Crippen LogP contribution in [-0.2, 0) is 0 Å². The molecule has 0 fully saturated rings. The highest BCUT2D eigenvalue weighted by molar-refractivity contribution is 6.35.